The highest BCUT2D eigenvalue weighted by Crippen LogP contribution is 2.37. The molecule has 1 saturated carbocycles. The van der Waals surface area contributed by atoms with Crippen LogP contribution in [0.5, 0.6) is 0 Å². The van der Waals surface area contributed by atoms with Gasteiger partial charge in [0, 0.05) is 0 Å². The van der Waals surface area contributed by atoms with Crippen LogP contribution in [-0.2, 0) is 14.3 Å². The van der Waals surface area contributed by atoms with Gasteiger partial charge in [0.2, 0.25) is 0 Å². The fourth-order valence-electron chi connectivity index (χ4n) is 3.61. The van der Waals surface area contributed by atoms with Gasteiger partial charge in [0.1, 0.15) is 18.3 Å². The van der Waals surface area contributed by atoms with Crippen LogP contribution in [0.15, 0.2) is 0 Å². The van der Waals surface area contributed by atoms with Crippen molar-refractivity contribution in [1.29, 1.82) is 0 Å². The van der Waals surface area contributed by atoms with E-state index in [2.05, 4.69) is 20.8 Å². The highest BCUT2D eigenvalue weighted by Gasteiger charge is 2.48. The number of aliphatic carboxylic acids is 1. The van der Waals surface area contributed by atoms with Crippen molar-refractivity contribution in [2.75, 3.05) is 0 Å². The van der Waals surface area contributed by atoms with Crippen LogP contribution in [-0.4, -0.2) is 63.2 Å². The first-order valence-corrected chi connectivity index (χ1v) is 8.30. The van der Waals surface area contributed by atoms with Crippen molar-refractivity contribution >= 4 is 5.97 Å². The van der Waals surface area contributed by atoms with E-state index in [9.17, 15) is 20.1 Å². The molecule has 0 amide bonds. The van der Waals surface area contributed by atoms with Crippen LogP contribution in [0.25, 0.3) is 0 Å². The fourth-order valence-corrected chi connectivity index (χ4v) is 3.61. The Labute approximate surface area is 142 Å². The molecule has 0 radical (unpaired) electrons. The second-order valence-electron chi connectivity index (χ2n) is 7.24. The van der Waals surface area contributed by atoms with E-state index < -0.39 is 36.7 Å². The van der Waals surface area contributed by atoms with Gasteiger partial charge in [-0.1, -0.05) is 27.2 Å². The summed E-state index contributed by atoms with van der Waals surface area (Å²) in [5.74, 6) is -0.246. The van der Waals surface area contributed by atoms with Crippen molar-refractivity contribution in [3.8, 4) is 0 Å². The Morgan fingerprint density at radius 3 is 2.29 bits per heavy atom. The molecule has 1 heterocycles. The molecule has 2 rings (SSSR count). The standard InChI is InChI=1S/C16H28O7.H3N/c1-7(2)9-5-4-8(3)6-10(9)22-16-13(19)11(17)12(18)14(23-16)15(20)21;/h7-14,16-19H,4-6H2,1-3H3,(H,20,21);1H3/t8?,9?,10?,11-,12-,13+,14-,16+;/m0./s1. The van der Waals surface area contributed by atoms with E-state index in [0.29, 0.717) is 11.8 Å². The molecule has 3 unspecified atom stereocenters. The molecule has 1 saturated heterocycles. The third-order valence-corrected chi connectivity index (χ3v) is 5.08. The van der Waals surface area contributed by atoms with Gasteiger partial charge in [0.05, 0.1) is 6.10 Å². The van der Waals surface area contributed by atoms with E-state index in [-0.39, 0.29) is 18.2 Å². The summed E-state index contributed by atoms with van der Waals surface area (Å²) in [6.45, 7) is 6.34. The monoisotopic (exact) mass is 349 g/mol. The van der Waals surface area contributed by atoms with Crippen molar-refractivity contribution in [2.24, 2.45) is 17.8 Å². The van der Waals surface area contributed by atoms with E-state index in [1.54, 1.807) is 0 Å². The Balaban J connectivity index is 0.00000288. The van der Waals surface area contributed by atoms with Crippen LogP contribution < -0.4 is 6.15 Å². The van der Waals surface area contributed by atoms with E-state index >= 15 is 0 Å². The number of rotatable bonds is 4. The van der Waals surface area contributed by atoms with Crippen LogP contribution in [0, 0.1) is 17.8 Å². The lowest BCUT2D eigenvalue weighted by Crippen LogP contribution is -2.61. The van der Waals surface area contributed by atoms with Gasteiger partial charge in [0.15, 0.2) is 12.4 Å². The predicted octanol–water partition coefficient (Wildman–Crippen LogP) is 0.518. The van der Waals surface area contributed by atoms with Crippen LogP contribution in [0.3, 0.4) is 0 Å². The molecule has 0 spiro atoms. The molecule has 0 aromatic rings. The van der Waals surface area contributed by atoms with E-state index in [1.165, 1.54) is 0 Å². The number of carboxylic acids is 1. The zero-order valence-electron chi connectivity index (χ0n) is 14.5. The van der Waals surface area contributed by atoms with E-state index in [0.717, 1.165) is 19.3 Å². The zero-order chi connectivity index (χ0) is 17.3. The van der Waals surface area contributed by atoms with Gasteiger partial charge in [-0.2, -0.15) is 0 Å². The topological polar surface area (TPSA) is 151 Å². The first-order chi connectivity index (χ1) is 10.7. The smallest absolute Gasteiger partial charge is 0.335 e. The normalized spacial score (nSPS) is 43.3. The first kappa shape index (κ1) is 21.3. The van der Waals surface area contributed by atoms with Gasteiger partial charge >= 0.3 is 5.97 Å². The highest BCUT2D eigenvalue weighted by molar-refractivity contribution is 5.73. The maximum atomic E-state index is 11.1. The van der Waals surface area contributed by atoms with Crippen molar-refractivity contribution in [3.63, 3.8) is 0 Å². The summed E-state index contributed by atoms with van der Waals surface area (Å²) in [5.41, 5.74) is 0. The van der Waals surface area contributed by atoms with E-state index in [1.807, 2.05) is 0 Å². The number of aliphatic hydroxyl groups excluding tert-OH is 3. The van der Waals surface area contributed by atoms with Crippen LogP contribution in [0.2, 0.25) is 0 Å². The van der Waals surface area contributed by atoms with Crippen molar-refractivity contribution < 1.29 is 34.7 Å². The summed E-state index contributed by atoms with van der Waals surface area (Å²) < 4.78 is 11.1. The van der Waals surface area contributed by atoms with Crippen molar-refractivity contribution in [2.45, 2.75) is 76.8 Å². The molecule has 0 aromatic heterocycles. The summed E-state index contributed by atoms with van der Waals surface area (Å²) in [5, 5.41) is 38.7. The summed E-state index contributed by atoms with van der Waals surface area (Å²) in [6, 6.07) is 0. The molecule has 2 aliphatic rings. The molecule has 8 atom stereocenters. The minimum absolute atomic E-state index is 0. The lowest BCUT2D eigenvalue weighted by Gasteiger charge is -2.43. The molecule has 1 aliphatic carbocycles. The summed E-state index contributed by atoms with van der Waals surface area (Å²) in [4.78, 5) is 11.1. The molecule has 24 heavy (non-hydrogen) atoms. The molecule has 8 nitrogen and oxygen atoms in total. The Kier molecular flexibility index (Phi) is 7.58. The third kappa shape index (κ3) is 4.44. The van der Waals surface area contributed by atoms with Crippen LogP contribution >= 0.6 is 0 Å². The lowest BCUT2D eigenvalue weighted by atomic mass is 9.75. The molecule has 142 valence electrons. The largest absolute Gasteiger partial charge is 0.479 e. The summed E-state index contributed by atoms with van der Waals surface area (Å²) >= 11 is 0. The summed E-state index contributed by atoms with van der Waals surface area (Å²) in [7, 11) is 0. The predicted molar refractivity (Wildman–Crippen MR) is 85.6 cm³/mol. The van der Waals surface area contributed by atoms with Gasteiger partial charge in [-0.05, 0) is 30.6 Å². The van der Waals surface area contributed by atoms with Gasteiger partial charge < -0.3 is 36.1 Å². The molecule has 0 bridgehead atoms. The van der Waals surface area contributed by atoms with Crippen LogP contribution in [0.1, 0.15) is 40.0 Å². The molecular formula is C16H31NO7. The summed E-state index contributed by atoms with van der Waals surface area (Å²) in [6.07, 6.45) is -4.92. The number of carbonyl (C=O) groups is 1. The number of carboxylic acid groups (broad SMARTS) is 1. The molecule has 1 aliphatic heterocycles. The quantitative estimate of drug-likeness (QED) is 0.492. The molecule has 2 fully saturated rings. The number of hydrogen-bond acceptors (Lipinski definition) is 7. The number of aliphatic hydroxyl groups is 3. The second kappa shape index (κ2) is 8.55. The van der Waals surface area contributed by atoms with Gasteiger partial charge in [-0.3, -0.25) is 0 Å². The Hall–Kier alpha value is -0.770. The SMILES string of the molecule is CC1CCC(C(C)C)C(O[C@@H]2O[C@H](C(=O)O)[C@@H](O)[C@H](O)[C@H]2O)C1.N. The number of hydrogen-bond donors (Lipinski definition) is 5. The third-order valence-electron chi connectivity index (χ3n) is 5.08. The van der Waals surface area contributed by atoms with Crippen molar-refractivity contribution in [3.05, 3.63) is 0 Å². The molecular weight excluding hydrogens is 318 g/mol. The maximum Gasteiger partial charge on any atom is 0.335 e. The number of ether oxygens (including phenoxy) is 2. The Morgan fingerprint density at radius 1 is 1.12 bits per heavy atom. The molecule has 7 N–H and O–H groups in total. The minimum Gasteiger partial charge on any atom is -0.479 e. The molecule has 0 aromatic carbocycles. The van der Waals surface area contributed by atoms with Gasteiger partial charge in [-0.25, -0.2) is 4.79 Å². The van der Waals surface area contributed by atoms with E-state index in [4.69, 9.17) is 14.6 Å². The molecule has 8 heteroatoms. The lowest BCUT2D eigenvalue weighted by molar-refractivity contribution is -0.311. The maximum absolute atomic E-state index is 11.1. The Bertz CT molecular complexity index is 419. The van der Waals surface area contributed by atoms with Crippen molar-refractivity contribution in [1.82, 2.24) is 6.15 Å². The van der Waals surface area contributed by atoms with Crippen LogP contribution in [0.4, 0.5) is 0 Å². The second-order valence-corrected chi connectivity index (χ2v) is 7.24. The highest BCUT2D eigenvalue weighted by atomic mass is 16.7. The first-order valence-electron chi connectivity index (χ1n) is 8.30. The zero-order valence-corrected chi connectivity index (χ0v) is 14.5. The Morgan fingerprint density at radius 2 is 1.75 bits per heavy atom. The fraction of sp³-hybridized carbons (Fsp3) is 0.938. The average molecular weight is 349 g/mol. The van der Waals surface area contributed by atoms with Gasteiger partial charge in [-0.15, -0.1) is 0 Å². The minimum atomic E-state index is -1.69. The average Bonchev–Trinajstić information content (AvgIpc) is 2.47. The van der Waals surface area contributed by atoms with Gasteiger partial charge in [0.25, 0.3) is 0 Å².